The Hall–Kier alpha value is -8.86. The van der Waals surface area contributed by atoms with Crippen LogP contribution in [0.1, 0.15) is 174 Å². The molecular formula is C81H121N13O14S. The summed E-state index contributed by atoms with van der Waals surface area (Å²) in [6.07, 6.45) is 5.66. The first kappa shape index (κ1) is 89.0. The number of carbonyl (C=O) groups is 11. The van der Waals surface area contributed by atoms with Gasteiger partial charge in [0.05, 0.1) is 48.7 Å². The summed E-state index contributed by atoms with van der Waals surface area (Å²) in [5.74, 6) is -4.28. The Bertz CT molecular complexity index is 3600. The van der Waals surface area contributed by atoms with Crippen LogP contribution in [0.25, 0.3) is 0 Å². The molecule has 1 aromatic heterocycles. The molecule has 0 spiro atoms. The van der Waals surface area contributed by atoms with Gasteiger partial charge in [-0.15, -0.1) is 11.3 Å². The third-order valence-corrected chi connectivity index (χ3v) is 21.8. The van der Waals surface area contributed by atoms with E-state index in [-0.39, 0.29) is 128 Å². The second-order valence-electron chi connectivity index (χ2n) is 30.4. The van der Waals surface area contributed by atoms with Crippen molar-refractivity contribution in [1.82, 2.24) is 51.2 Å². The Balaban J connectivity index is 0.996. The van der Waals surface area contributed by atoms with Gasteiger partial charge >= 0.3 is 12.1 Å². The SMILES string of the molecule is CC[C@H](C)[C@@H]([C@@H](CC(=O)N1CCC[C@H]1[C@H](OC)[C@@H](C)C(=O)N[C@@H](Cc1ccccc1)c1nccs1)OC)N(C)C(=O)[C@H](CC(C)C)NC(=O)[C@H](C(C)C)N(C)CCc1ccc(N(C)C(=O)OCc2ccc(NC(=O)[C@H](CCCNC(N)=O)NC(=O)[C@@H](NC(=O)CCCCCN3C(=O)CC(C)C3=O)C(C)C)cc2)cc1. The monoisotopic (exact) mass is 1530 g/mol. The zero-order valence-corrected chi connectivity index (χ0v) is 67.5. The number of amides is 12. The summed E-state index contributed by atoms with van der Waals surface area (Å²) in [7, 11) is 8.36. The number of urea groups is 1. The molecule has 0 aliphatic carbocycles. The van der Waals surface area contributed by atoms with Crippen molar-refractivity contribution in [2.45, 2.75) is 220 Å². The first-order chi connectivity index (χ1) is 51.9. The van der Waals surface area contributed by atoms with Crippen molar-refractivity contribution < 1.29 is 67.0 Å². The molecule has 0 bridgehead atoms. The van der Waals surface area contributed by atoms with Crippen LogP contribution in [-0.4, -0.2) is 200 Å². The second kappa shape index (κ2) is 44.1. The van der Waals surface area contributed by atoms with Gasteiger partial charge in [0.2, 0.25) is 53.2 Å². The van der Waals surface area contributed by atoms with Gasteiger partial charge in [0.1, 0.15) is 29.7 Å². The Morgan fingerprint density at radius 2 is 1.42 bits per heavy atom. The number of nitrogens with zero attached hydrogens (tertiary/aromatic N) is 6. The topological polar surface area (TPSA) is 343 Å². The quantitative estimate of drug-likeness (QED) is 0.0160. The first-order valence-electron chi connectivity index (χ1n) is 38.6. The number of ether oxygens (including phenoxy) is 3. The summed E-state index contributed by atoms with van der Waals surface area (Å²) in [5.41, 5.74) is 8.87. The molecule has 2 aliphatic heterocycles. The van der Waals surface area contributed by atoms with Crippen LogP contribution in [0.2, 0.25) is 0 Å². The number of benzene rings is 3. The maximum absolute atomic E-state index is 15.0. The van der Waals surface area contributed by atoms with Crippen molar-refractivity contribution >= 4 is 88.0 Å². The van der Waals surface area contributed by atoms with Gasteiger partial charge < -0.3 is 61.6 Å². The molecule has 3 heterocycles. The molecule has 12 amide bonds. The number of imide groups is 1. The molecule has 0 radical (unpaired) electrons. The minimum atomic E-state index is -1.07. The number of anilines is 2. The number of hydrogen-bond donors (Lipinski definition) is 7. The summed E-state index contributed by atoms with van der Waals surface area (Å²) < 4.78 is 18.0. The van der Waals surface area contributed by atoms with Crippen LogP contribution in [0.15, 0.2) is 90.4 Å². The number of likely N-dealkylation sites (tertiary alicyclic amines) is 2. The first-order valence-corrected chi connectivity index (χ1v) is 39.5. The van der Waals surface area contributed by atoms with Crippen LogP contribution in [-0.2, 0) is 76.8 Å². The molecule has 2 fully saturated rings. The highest BCUT2D eigenvalue weighted by Gasteiger charge is 2.44. The molecule has 12 atom stereocenters. The van der Waals surface area contributed by atoms with Gasteiger partial charge in [0.25, 0.3) is 0 Å². The van der Waals surface area contributed by atoms with Crippen molar-refractivity contribution in [3.8, 4) is 0 Å². The fourth-order valence-electron chi connectivity index (χ4n) is 14.5. The lowest BCUT2D eigenvalue weighted by Gasteiger charge is -2.41. The number of nitrogens with two attached hydrogens (primary N) is 1. The Morgan fingerprint density at radius 3 is 2.02 bits per heavy atom. The molecule has 6 rings (SSSR count). The molecule has 27 nitrogen and oxygen atoms in total. The molecule has 4 aromatic rings. The minimum absolute atomic E-state index is 0.0234. The van der Waals surface area contributed by atoms with E-state index in [9.17, 15) is 47.9 Å². The van der Waals surface area contributed by atoms with Crippen molar-refractivity contribution in [2.24, 2.45) is 41.2 Å². The Morgan fingerprint density at radius 1 is 0.743 bits per heavy atom. The average molecular weight is 1530 g/mol. The zero-order chi connectivity index (χ0) is 80.2. The minimum Gasteiger partial charge on any atom is -0.444 e. The summed E-state index contributed by atoms with van der Waals surface area (Å²) in [5, 5.41) is 20.0. The molecule has 109 heavy (non-hydrogen) atoms. The van der Waals surface area contributed by atoms with Gasteiger partial charge in [-0.05, 0) is 129 Å². The number of primary amides is 1. The fraction of sp³-hybridized carbons (Fsp3) is 0.605. The van der Waals surface area contributed by atoms with Crippen molar-refractivity contribution in [2.75, 3.05) is 71.8 Å². The van der Waals surface area contributed by atoms with E-state index in [2.05, 4.69) is 36.9 Å². The molecule has 2 aliphatic rings. The van der Waals surface area contributed by atoms with Crippen LogP contribution in [0.4, 0.5) is 21.0 Å². The number of aromatic nitrogens is 1. The molecular weight excluding hydrogens is 1410 g/mol. The van der Waals surface area contributed by atoms with Gasteiger partial charge in [-0.2, -0.15) is 0 Å². The van der Waals surface area contributed by atoms with E-state index in [1.807, 2.05) is 125 Å². The van der Waals surface area contributed by atoms with E-state index >= 15 is 4.79 Å². The third kappa shape index (κ3) is 26.7. The molecule has 0 saturated carbocycles. The zero-order valence-electron chi connectivity index (χ0n) is 66.6. The maximum atomic E-state index is 15.0. The van der Waals surface area contributed by atoms with E-state index in [4.69, 9.17) is 19.9 Å². The number of carbonyl (C=O) groups excluding carboxylic acids is 11. The maximum Gasteiger partial charge on any atom is 0.414 e. The molecule has 1 unspecified atom stereocenters. The third-order valence-electron chi connectivity index (χ3n) is 20.9. The molecule has 28 heteroatoms. The highest BCUT2D eigenvalue weighted by Crippen LogP contribution is 2.32. The number of hydrogen-bond acceptors (Lipinski definition) is 17. The number of likely N-dealkylation sites (N-methyl/N-ethyl adjacent to an activating group) is 2. The van der Waals surface area contributed by atoms with E-state index in [1.165, 1.54) is 21.1 Å². The largest absolute Gasteiger partial charge is 0.444 e. The Labute approximate surface area is 648 Å². The number of unbranched alkanes of at least 4 members (excludes halogenated alkanes) is 2. The average Bonchev–Trinajstić information content (AvgIpc) is 1.81. The van der Waals surface area contributed by atoms with Gasteiger partial charge in [0.15, 0.2) is 0 Å². The van der Waals surface area contributed by atoms with E-state index in [0.29, 0.717) is 87.9 Å². The number of nitrogens with one attached hydrogen (secondary N) is 6. The highest BCUT2D eigenvalue weighted by molar-refractivity contribution is 7.09. The van der Waals surface area contributed by atoms with Gasteiger partial charge in [0, 0.05) is 96.2 Å². The van der Waals surface area contributed by atoms with Gasteiger partial charge in [-0.3, -0.25) is 57.9 Å². The lowest BCUT2D eigenvalue weighted by atomic mass is 9.89. The van der Waals surface area contributed by atoms with E-state index in [1.54, 1.807) is 84.4 Å². The molecule has 600 valence electrons. The molecule has 3 aromatic carbocycles. The lowest BCUT2D eigenvalue weighted by Crippen LogP contribution is -2.59. The molecule has 2 saturated heterocycles. The lowest BCUT2D eigenvalue weighted by molar-refractivity contribution is -0.147. The van der Waals surface area contributed by atoms with Gasteiger partial charge in [-0.25, -0.2) is 14.6 Å². The van der Waals surface area contributed by atoms with E-state index in [0.717, 1.165) is 22.6 Å². The van der Waals surface area contributed by atoms with Crippen LogP contribution >= 0.6 is 11.3 Å². The predicted octanol–water partition coefficient (Wildman–Crippen LogP) is 8.93. The van der Waals surface area contributed by atoms with E-state index < -0.39 is 72.3 Å². The fourth-order valence-corrected chi connectivity index (χ4v) is 15.2. The highest BCUT2D eigenvalue weighted by atomic mass is 32.1. The number of thiazole rings is 1. The van der Waals surface area contributed by atoms with Crippen LogP contribution < -0.4 is 42.5 Å². The standard InChI is InChI=1S/C81H121N13O14S/c1-16-53(8)71(65(106-14)48-68(97)93-42-24-28-64(93)72(107-15)55(10)73(98)87-62(77-83-40-44-109-77)47-57-25-19-17-20-26-57)92(13)79(103)63(45-50(2)3)88-76(101)70(52(6)7)90(11)43-38-56-32-36-60(37-33-56)91(12)81(105)108-49-58-30-34-59(35-31-58)85-74(99)61(27-23-39-84-80(82)104)86-75(100)69(51(4)5)89-66(95)29-21-18-22-41-94-67(96)46-54(9)78(94)102/h17,19-20,25-26,30-37,40,44,50-55,61-65,69-72H,16,18,21-24,27-29,38-39,41-43,45-49H2,1-15H3,(H,85,99)(H,86,100)(H,87,98)(H,88,101)(H,89,95)(H3,82,84,104)/t53-,54?,55+,61-,62-,63-,64-,65+,69-,70-,71-,72+/m0/s1. The van der Waals surface area contributed by atoms with Crippen LogP contribution in [0.5, 0.6) is 0 Å². The second-order valence-corrected chi connectivity index (χ2v) is 31.3. The normalized spacial score (nSPS) is 17.2. The Kier molecular flexibility index (Phi) is 36.0. The van der Waals surface area contributed by atoms with Crippen LogP contribution in [0.3, 0.4) is 0 Å². The predicted molar refractivity (Wildman–Crippen MR) is 420 cm³/mol. The van der Waals surface area contributed by atoms with Crippen molar-refractivity contribution in [3.63, 3.8) is 0 Å². The smallest absolute Gasteiger partial charge is 0.414 e. The van der Waals surface area contributed by atoms with Crippen molar-refractivity contribution in [1.29, 1.82) is 0 Å². The summed E-state index contributed by atoms with van der Waals surface area (Å²) >= 11 is 1.48. The van der Waals surface area contributed by atoms with Crippen LogP contribution in [0, 0.1) is 35.5 Å². The summed E-state index contributed by atoms with van der Waals surface area (Å²) in [4.78, 5) is 161. The summed E-state index contributed by atoms with van der Waals surface area (Å²) in [6, 6.07) is 18.5. The van der Waals surface area contributed by atoms with Gasteiger partial charge in [-0.1, -0.05) is 137 Å². The number of methoxy groups -OCH3 is 2. The number of rotatable bonds is 44. The summed E-state index contributed by atoms with van der Waals surface area (Å²) in [6.45, 7) is 20.5. The molecule has 8 N–H and O–H groups in total. The van der Waals surface area contributed by atoms with Crippen molar-refractivity contribution in [3.05, 3.63) is 112 Å².